The first-order valence-electron chi connectivity index (χ1n) is 8.73. The summed E-state index contributed by atoms with van der Waals surface area (Å²) in [6.45, 7) is -0.299. The fourth-order valence-corrected chi connectivity index (χ4v) is 3.11. The molecule has 0 saturated carbocycles. The number of hydrogen-bond acceptors (Lipinski definition) is 3. The molecule has 1 unspecified atom stereocenters. The Balaban J connectivity index is 1.68. The smallest absolute Gasteiger partial charge is 0.287 e. The maximum atomic E-state index is 13.7. The van der Waals surface area contributed by atoms with Gasteiger partial charge in [-0.05, 0) is 69.9 Å². The largest absolute Gasteiger partial charge is 0.444 e. The van der Waals surface area contributed by atoms with Crippen molar-refractivity contribution < 1.29 is 22.8 Å². The summed E-state index contributed by atoms with van der Waals surface area (Å²) in [4.78, 5) is 24.4. The molecule has 0 saturated heterocycles. The molecular formula is C21H17BrF2N2O3. The molecule has 0 fully saturated rings. The highest BCUT2D eigenvalue weighted by atomic mass is 79.9. The van der Waals surface area contributed by atoms with Crippen LogP contribution in [0.3, 0.4) is 0 Å². The van der Waals surface area contributed by atoms with Gasteiger partial charge in [-0.15, -0.1) is 0 Å². The second kappa shape index (κ2) is 9.47. The Morgan fingerprint density at radius 3 is 2.38 bits per heavy atom. The zero-order valence-electron chi connectivity index (χ0n) is 15.1. The van der Waals surface area contributed by atoms with Gasteiger partial charge < -0.3 is 15.1 Å². The minimum atomic E-state index is -0.602. The molecule has 5 nitrogen and oxygen atoms in total. The van der Waals surface area contributed by atoms with E-state index < -0.39 is 29.5 Å². The van der Waals surface area contributed by atoms with Crippen LogP contribution in [0.1, 0.15) is 27.7 Å². The predicted octanol–water partition coefficient (Wildman–Crippen LogP) is 4.15. The number of benzene rings is 2. The van der Waals surface area contributed by atoms with Crippen LogP contribution in [-0.2, 0) is 11.2 Å². The first-order valence-corrected chi connectivity index (χ1v) is 9.53. The van der Waals surface area contributed by atoms with Crippen LogP contribution in [0, 0.1) is 11.6 Å². The van der Waals surface area contributed by atoms with Crippen molar-refractivity contribution in [2.45, 2.75) is 12.5 Å². The molecule has 1 heterocycles. The number of rotatable bonds is 7. The molecule has 2 aromatic carbocycles. The van der Waals surface area contributed by atoms with Gasteiger partial charge in [-0.2, -0.15) is 0 Å². The second-order valence-corrected chi connectivity index (χ2v) is 7.08. The summed E-state index contributed by atoms with van der Waals surface area (Å²) in [7, 11) is 0. The quantitative estimate of drug-likeness (QED) is 0.553. The molecule has 3 aromatic rings. The van der Waals surface area contributed by atoms with Crippen molar-refractivity contribution in [1.82, 2.24) is 10.6 Å². The van der Waals surface area contributed by atoms with E-state index in [1.165, 1.54) is 36.4 Å². The van der Waals surface area contributed by atoms with Crippen molar-refractivity contribution in [1.29, 1.82) is 0 Å². The number of amides is 2. The highest BCUT2D eigenvalue weighted by Gasteiger charge is 2.18. The molecule has 0 spiro atoms. The Kier molecular flexibility index (Phi) is 6.77. The number of carbonyl (C=O) groups excluding carboxylic acids is 2. The lowest BCUT2D eigenvalue weighted by atomic mass is 9.98. The van der Waals surface area contributed by atoms with Crippen LogP contribution < -0.4 is 10.6 Å². The number of carbonyl (C=O) groups is 2. The number of nitrogens with one attached hydrogen (secondary N) is 2. The van der Waals surface area contributed by atoms with Crippen LogP contribution in [-0.4, -0.2) is 18.4 Å². The standard InChI is InChI=1S/C21H17BrF2N2O3/c22-19-8-7-18(29-19)21(28)25-12-20(27)26-17(14-4-2-6-16(24)11-14)10-13-3-1-5-15(23)9-13/h1-9,11,17H,10,12H2,(H,25,28)(H,26,27). The van der Waals surface area contributed by atoms with Gasteiger partial charge in [0, 0.05) is 0 Å². The molecule has 1 aromatic heterocycles. The third kappa shape index (κ3) is 5.99. The van der Waals surface area contributed by atoms with Gasteiger partial charge in [-0.25, -0.2) is 8.78 Å². The third-order valence-corrected chi connectivity index (χ3v) is 4.55. The van der Waals surface area contributed by atoms with E-state index in [-0.39, 0.29) is 18.7 Å². The van der Waals surface area contributed by atoms with Gasteiger partial charge in [0.25, 0.3) is 5.91 Å². The molecule has 150 valence electrons. The van der Waals surface area contributed by atoms with Crippen LogP contribution in [0.2, 0.25) is 0 Å². The Labute approximate surface area is 174 Å². The maximum absolute atomic E-state index is 13.7. The van der Waals surface area contributed by atoms with Crippen molar-refractivity contribution in [3.05, 3.63) is 93.9 Å². The van der Waals surface area contributed by atoms with Gasteiger partial charge >= 0.3 is 0 Å². The van der Waals surface area contributed by atoms with E-state index in [9.17, 15) is 18.4 Å². The summed E-state index contributed by atoms with van der Waals surface area (Å²) in [6, 6.07) is 14.2. The van der Waals surface area contributed by atoms with Crippen LogP contribution in [0.5, 0.6) is 0 Å². The normalized spacial score (nSPS) is 11.7. The molecule has 0 aliphatic rings. The first-order chi connectivity index (χ1) is 13.9. The lowest BCUT2D eigenvalue weighted by Crippen LogP contribution is -2.39. The topological polar surface area (TPSA) is 71.3 Å². The highest BCUT2D eigenvalue weighted by molar-refractivity contribution is 9.10. The summed E-state index contributed by atoms with van der Waals surface area (Å²) in [5, 5.41) is 5.21. The molecular weight excluding hydrogens is 446 g/mol. The van der Waals surface area contributed by atoms with E-state index in [2.05, 4.69) is 26.6 Å². The van der Waals surface area contributed by atoms with E-state index in [0.717, 1.165) is 0 Å². The monoisotopic (exact) mass is 462 g/mol. The molecule has 0 aliphatic carbocycles. The minimum Gasteiger partial charge on any atom is -0.444 e. The van der Waals surface area contributed by atoms with Crippen molar-refractivity contribution >= 4 is 27.7 Å². The summed E-state index contributed by atoms with van der Waals surface area (Å²) >= 11 is 3.10. The lowest BCUT2D eigenvalue weighted by Gasteiger charge is -2.20. The molecule has 0 radical (unpaired) electrons. The van der Waals surface area contributed by atoms with E-state index in [0.29, 0.717) is 15.8 Å². The summed E-state index contributed by atoms with van der Waals surface area (Å²) < 4.78 is 32.7. The van der Waals surface area contributed by atoms with Gasteiger partial charge in [0.2, 0.25) is 5.91 Å². The SMILES string of the molecule is O=C(CNC(=O)c1ccc(Br)o1)NC(Cc1cccc(F)c1)c1cccc(F)c1. The second-order valence-electron chi connectivity index (χ2n) is 6.30. The zero-order chi connectivity index (χ0) is 20.8. The predicted molar refractivity (Wildman–Crippen MR) is 106 cm³/mol. The fraction of sp³-hybridized carbons (Fsp3) is 0.143. The van der Waals surface area contributed by atoms with Gasteiger partial charge in [-0.1, -0.05) is 24.3 Å². The number of hydrogen-bond donors (Lipinski definition) is 2. The molecule has 3 rings (SSSR count). The van der Waals surface area contributed by atoms with E-state index in [1.807, 2.05) is 0 Å². The molecule has 2 N–H and O–H groups in total. The van der Waals surface area contributed by atoms with Gasteiger partial charge in [0.1, 0.15) is 11.6 Å². The average molecular weight is 463 g/mol. The summed E-state index contributed by atoms with van der Waals surface area (Å²) in [5.74, 6) is -1.81. The Hall–Kier alpha value is -3.00. The summed E-state index contributed by atoms with van der Waals surface area (Å²) in [6.07, 6.45) is 0.256. The van der Waals surface area contributed by atoms with Crippen molar-refractivity contribution in [3.8, 4) is 0 Å². The van der Waals surface area contributed by atoms with Gasteiger partial charge in [-0.3, -0.25) is 9.59 Å². The van der Waals surface area contributed by atoms with Crippen molar-refractivity contribution in [2.24, 2.45) is 0 Å². The summed E-state index contributed by atoms with van der Waals surface area (Å²) in [5.41, 5.74) is 1.17. The molecule has 8 heteroatoms. The molecule has 0 aliphatic heterocycles. The fourth-order valence-electron chi connectivity index (χ4n) is 2.80. The molecule has 1 atom stereocenters. The average Bonchev–Trinajstić information content (AvgIpc) is 3.12. The third-order valence-electron chi connectivity index (χ3n) is 4.12. The van der Waals surface area contributed by atoms with Crippen LogP contribution in [0.15, 0.2) is 69.8 Å². The molecule has 0 bridgehead atoms. The van der Waals surface area contributed by atoms with E-state index in [1.54, 1.807) is 24.3 Å². The number of furan rings is 1. The zero-order valence-corrected chi connectivity index (χ0v) is 16.7. The minimum absolute atomic E-state index is 0.0612. The van der Waals surface area contributed by atoms with Crippen LogP contribution in [0.25, 0.3) is 0 Å². The Morgan fingerprint density at radius 2 is 1.72 bits per heavy atom. The van der Waals surface area contributed by atoms with E-state index in [4.69, 9.17) is 4.42 Å². The highest BCUT2D eigenvalue weighted by Crippen LogP contribution is 2.20. The molecule has 2 amide bonds. The lowest BCUT2D eigenvalue weighted by molar-refractivity contribution is -0.120. The molecule has 29 heavy (non-hydrogen) atoms. The van der Waals surface area contributed by atoms with Gasteiger partial charge in [0.05, 0.1) is 12.6 Å². The van der Waals surface area contributed by atoms with Crippen molar-refractivity contribution in [3.63, 3.8) is 0 Å². The first kappa shape index (κ1) is 20.7. The van der Waals surface area contributed by atoms with Crippen molar-refractivity contribution in [2.75, 3.05) is 6.54 Å². The maximum Gasteiger partial charge on any atom is 0.287 e. The Morgan fingerprint density at radius 1 is 1.00 bits per heavy atom. The van der Waals surface area contributed by atoms with E-state index >= 15 is 0 Å². The number of halogens is 3. The van der Waals surface area contributed by atoms with Crippen LogP contribution in [0.4, 0.5) is 8.78 Å². The van der Waals surface area contributed by atoms with Gasteiger partial charge in [0.15, 0.2) is 10.4 Å². The Bertz CT molecular complexity index is 1020. The van der Waals surface area contributed by atoms with Crippen LogP contribution >= 0.6 is 15.9 Å².